The molecule has 0 aliphatic heterocycles. The Balaban J connectivity index is 0.000000516. The number of benzene rings is 1. The number of fused-ring (bicyclic) bond motifs is 1. The summed E-state index contributed by atoms with van der Waals surface area (Å²) >= 11 is 0. The molecule has 3 N–H and O–H groups in total. The smallest absolute Gasteiger partial charge is 0.490 e. The summed E-state index contributed by atoms with van der Waals surface area (Å²) in [6, 6.07) is 3.58. The van der Waals surface area contributed by atoms with Gasteiger partial charge in [-0.3, -0.25) is 4.98 Å². The fourth-order valence-electron chi connectivity index (χ4n) is 2.33. The molecule has 2 aromatic rings. The first-order valence-electron chi connectivity index (χ1n) is 8.31. The van der Waals surface area contributed by atoms with Crippen molar-refractivity contribution in [1.82, 2.24) is 4.98 Å². The number of nitrogens with zero attached hydrogens (tertiary/aromatic N) is 1. The monoisotopic (exact) mass is 418 g/mol. The topological polar surface area (TPSA) is 121 Å². The third-order valence-corrected chi connectivity index (χ3v) is 3.59. The van der Waals surface area contributed by atoms with Gasteiger partial charge < -0.3 is 25.1 Å². The number of hydrogen-bond acceptors (Lipinski definition) is 7. The average Bonchev–Trinajstić information content (AvgIpc) is 2.67. The SMILES string of the molecule is CCOC(=O)c1cnc(CCN)c2cc(OC)c(OC)cc12.O=C(O)C(F)(F)F. The van der Waals surface area contributed by atoms with Crippen LogP contribution in [0.15, 0.2) is 18.3 Å². The van der Waals surface area contributed by atoms with E-state index in [1.54, 1.807) is 27.2 Å². The van der Waals surface area contributed by atoms with E-state index < -0.39 is 18.1 Å². The summed E-state index contributed by atoms with van der Waals surface area (Å²) in [5.74, 6) is -2.04. The van der Waals surface area contributed by atoms with Crippen LogP contribution in [0.4, 0.5) is 13.2 Å². The van der Waals surface area contributed by atoms with E-state index in [1.165, 1.54) is 6.20 Å². The molecule has 11 heteroatoms. The number of aromatic nitrogens is 1. The second kappa shape index (κ2) is 10.5. The van der Waals surface area contributed by atoms with Crippen molar-refractivity contribution < 1.29 is 42.1 Å². The number of pyridine rings is 1. The highest BCUT2D eigenvalue weighted by atomic mass is 19.4. The van der Waals surface area contributed by atoms with E-state index in [-0.39, 0.29) is 0 Å². The Morgan fingerprint density at radius 1 is 1.14 bits per heavy atom. The Labute approximate surface area is 164 Å². The number of hydrogen-bond donors (Lipinski definition) is 2. The summed E-state index contributed by atoms with van der Waals surface area (Å²) < 4.78 is 47.5. The van der Waals surface area contributed by atoms with Crippen molar-refractivity contribution in [2.45, 2.75) is 19.5 Å². The Kier molecular flexibility index (Phi) is 8.64. The van der Waals surface area contributed by atoms with E-state index in [0.717, 1.165) is 16.5 Å². The lowest BCUT2D eigenvalue weighted by Crippen LogP contribution is -2.21. The van der Waals surface area contributed by atoms with E-state index >= 15 is 0 Å². The normalized spacial score (nSPS) is 10.7. The molecule has 1 heterocycles. The van der Waals surface area contributed by atoms with Gasteiger partial charge >= 0.3 is 18.1 Å². The molecule has 0 spiro atoms. The van der Waals surface area contributed by atoms with Gasteiger partial charge in [-0.15, -0.1) is 0 Å². The van der Waals surface area contributed by atoms with Crippen molar-refractivity contribution in [2.24, 2.45) is 5.73 Å². The number of methoxy groups -OCH3 is 2. The van der Waals surface area contributed by atoms with Crippen molar-refractivity contribution in [3.8, 4) is 11.5 Å². The predicted molar refractivity (Wildman–Crippen MR) is 97.3 cm³/mol. The highest BCUT2D eigenvalue weighted by molar-refractivity contribution is 6.05. The lowest BCUT2D eigenvalue weighted by molar-refractivity contribution is -0.192. The van der Waals surface area contributed by atoms with Gasteiger partial charge in [-0.2, -0.15) is 13.2 Å². The molecule has 0 bridgehead atoms. The van der Waals surface area contributed by atoms with E-state index in [1.807, 2.05) is 6.07 Å². The molecule has 0 saturated carbocycles. The van der Waals surface area contributed by atoms with Crippen LogP contribution < -0.4 is 15.2 Å². The second-order valence-electron chi connectivity index (χ2n) is 5.43. The molecule has 1 aromatic carbocycles. The summed E-state index contributed by atoms with van der Waals surface area (Å²) in [5, 5.41) is 8.66. The largest absolute Gasteiger partial charge is 0.493 e. The zero-order chi connectivity index (χ0) is 22.2. The first-order valence-corrected chi connectivity index (χ1v) is 8.31. The molecular weight excluding hydrogens is 397 g/mol. The molecular formula is C18H21F3N2O6. The lowest BCUT2D eigenvalue weighted by Gasteiger charge is -2.13. The molecule has 0 unspecified atom stereocenters. The van der Waals surface area contributed by atoms with Gasteiger partial charge in [-0.1, -0.05) is 0 Å². The molecule has 0 radical (unpaired) electrons. The summed E-state index contributed by atoms with van der Waals surface area (Å²) in [4.78, 5) is 25.4. The molecule has 2 rings (SSSR count). The van der Waals surface area contributed by atoms with Gasteiger partial charge in [-0.05, 0) is 25.6 Å². The minimum atomic E-state index is -5.08. The quantitative estimate of drug-likeness (QED) is 0.687. The van der Waals surface area contributed by atoms with E-state index in [0.29, 0.717) is 36.6 Å². The van der Waals surface area contributed by atoms with Crippen molar-refractivity contribution in [3.63, 3.8) is 0 Å². The number of carbonyl (C=O) groups is 2. The predicted octanol–water partition coefficient (Wildman–Crippen LogP) is 2.56. The van der Waals surface area contributed by atoms with Gasteiger partial charge in [0.25, 0.3) is 0 Å². The number of nitrogens with two attached hydrogens (primary N) is 1. The summed E-state index contributed by atoms with van der Waals surface area (Å²) in [6.07, 6.45) is -2.95. The fourth-order valence-corrected chi connectivity index (χ4v) is 2.33. The molecule has 0 aliphatic rings. The Hall–Kier alpha value is -3.08. The van der Waals surface area contributed by atoms with Crippen molar-refractivity contribution in [2.75, 3.05) is 27.4 Å². The number of alkyl halides is 3. The number of esters is 1. The van der Waals surface area contributed by atoms with Gasteiger partial charge in [0.05, 0.1) is 26.4 Å². The van der Waals surface area contributed by atoms with Gasteiger partial charge in [0, 0.05) is 29.1 Å². The minimum absolute atomic E-state index is 0.304. The second-order valence-corrected chi connectivity index (χ2v) is 5.43. The molecule has 0 amide bonds. The highest BCUT2D eigenvalue weighted by Crippen LogP contribution is 2.35. The number of rotatable bonds is 6. The lowest BCUT2D eigenvalue weighted by atomic mass is 10.0. The first-order chi connectivity index (χ1) is 13.6. The molecule has 0 fully saturated rings. The highest BCUT2D eigenvalue weighted by Gasteiger charge is 2.38. The van der Waals surface area contributed by atoms with Crippen molar-refractivity contribution in [1.29, 1.82) is 0 Å². The number of carboxylic acids is 1. The maximum absolute atomic E-state index is 12.1. The number of halogens is 3. The third kappa shape index (κ3) is 6.21. The van der Waals surface area contributed by atoms with Gasteiger partial charge in [0.2, 0.25) is 0 Å². The minimum Gasteiger partial charge on any atom is -0.493 e. The van der Waals surface area contributed by atoms with Crippen LogP contribution in [0.2, 0.25) is 0 Å². The van der Waals surface area contributed by atoms with Gasteiger partial charge in [0.15, 0.2) is 11.5 Å². The number of carboxylic acid groups (broad SMARTS) is 1. The van der Waals surface area contributed by atoms with Crippen molar-refractivity contribution in [3.05, 3.63) is 29.6 Å². The zero-order valence-corrected chi connectivity index (χ0v) is 16.0. The molecule has 29 heavy (non-hydrogen) atoms. The third-order valence-electron chi connectivity index (χ3n) is 3.59. The number of aliphatic carboxylic acids is 1. The molecule has 8 nitrogen and oxygen atoms in total. The summed E-state index contributed by atoms with van der Waals surface area (Å²) in [6.45, 7) is 2.54. The maximum atomic E-state index is 12.1. The molecule has 0 saturated heterocycles. The van der Waals surface area contributed by atoms with Crippen LogP contribution in [0.25, 0.3) is 10.8 Å². The van der Waals surface area contributed by atoms with Crippen LogP contribution in [0.1, 0.15) is 23.0 Å². The van der Waals surface area contributed by atoms with Crippen molar-refractivity contribution >= 4 is 22.7 Å². The van der Waals surface area contributed by atoms with Crippen LogP contribution in [0.3, 0.4) is 0 Å². The maximum Gasteiger partial charge on any atom is 0.490 e. The zero-order valence-electron chi connectivity index (χ0n) is 16.0. The van der Waals surface area contributed by atoms with Gasteiger partial charge in [-0.25, -0.2) is 9.59 Å². The van der Waals surface area contributed by atoms with Crippen LogP contribution in [-0.2, 0) is 16.0 Å². The van der Waals surface area contributed by atoms with E-state index in [4.69, 9.17) is 29.8 Å². The number of ether oxygens (including phenoxy) is 3. The molecule has 0 aliphatic carbocycles. The Bertz CT molecular complexity index is 871. The fraction of sp³-hybridized carbons (Fsp3) is 0.389. The Morgan fingerprint density at radius 3 is 2.07 bits per heavy atom. The van der Waals surface area contributed by atoms with Crippen LogP contribution >= 0.6 is 0 Å². The van der Waals surface area contributed by atoms with Gasteiger partial charge in [0.1, 0.15) is 0 Å². The van der Waals surface area contributed by atoms with Crippen LogP contribution in [0, 0.1) is 0 Å². The Morgan fingerprint density at radius 2 is 1.66 bits per heavy atom. The summed E-state index contributed by atoms with van der Waals surface area (Å²) in [5.41, 5.74) is 6.85. The average molecular weight is 418 g/mol. The van der Waals surface area contributed by atoms with E-state index in [9.17, 15) is 18.0 Å². The first kappa shape index (κ1) is 24.0. The summed E-state index contributed by atoms with van der Waals surface area (Å²) in [7, 11) is 3.12. The molecule has 160 valence electrons. The molecule has 1 aromatic heterocycles. The number of carbonyl (C=O) groups excluding carboxylic acids is 1. The van der Waals surface area contributed by atoms with Crippen LogP contribution in [-0.4, -0.2) is 55.6 Å². The van der Waals surface area contributed by atoms with Crippen LogP contribution in [0.5, 0.6) is 11.5 Å². The van der Waals surface area contributed by atoms with E-state index in [2.05, 4.69) is 4.98 Å². The standard InChI is InChI=1S/C16H20N2O4.C2HF3O2/c1-4-22-16(19)12-9-18-13(5-6-17)11-8-15(21-3)14(20-2)7-10(11)12;3-2(4,5)1(6)7/h7-9H,4-6,17H2,1-3H3;(H,6,7). The molecule has 0 atom stereocenters.